The number of Topliss-reactive ketones (excluding diaryl/α,β-unsaturated/α-hetero) is 1. The monoisotopic (exact) mass is 375 g/mol. The van der Waals surface area contributed by atoms with Gasteiger partial charge in [0.1, 0.15) is 0 Å². The van der Waals surface area contributed by atoms with Gasteiger partial charge in [-0.05, 0) is 59.1 Å². The Morgan fingerprint density at radius 2 is 1.88 bits per heavy atom. The largest absolute Gasteiger partial charge is 0.295 e. The number of hydrogen-bond acceptors (Lipinski definition) is 4. The molecule has 1 N–H and O–H groups in total. The summed E-state index contributed by atoms with van der Waals surface area (Å²) in [5.41, 5.74) is 2.41. The third-order valence-electron chi connectivity index (χ3n) is 4.69. The zero-order valence-corrected chi connectivity index (χ0v) is 16.4. The number of ketones is 1. The predicted octanol–water partition coefficient (Wildman–Crippen LogP) is 3.20. The van der Waals surface area contributed by atoms with Gasteiger partial charge in [0.15, 0.2) is 5.78 Å². The Bertz CT molecular complexity index is 922. The van der Waals surface area contributed by atoms with E-state index in [-0.39, 0.29) is 22.3 Å². The second-order valence-corrected chi connectivity index (χ2v) is 9.49. The molecule has 0 saturated heterocycles. The van der Waals surface area contributed by atoms with E-state index in [1.165, 1.54) is 19.1 Å². The quantitative estimate of drug-likeness (QED) is 0.832. The van der Waals surface area contributed by atoms with Gasteiger partial charge in [-0.15, -0.1) is 0 Å². The Hall–Kier alpha value is -1.99. The first kappa shape index (κ1) is 18.8. The van der Waals surface area contributed by atoms with Crippen LogP contribution in [0.15, 0.2) is 35.4 Å². The van der Waals surface area contributed by atoms with E-state index in [9.17, 15) is 13.2 Å². The normalized spacial score (nSPS) is 17.8. The summed E-state index contributed by atoms with van der Waals surface area (Å²) in [6, 6.07) is 5.75. The smallest absolute Gasteiger partial charge is 0.241 e. The lowest BCUT2D eigenvalue weighted by Crippen LogP contribution is -2.32. The molecule has 140 valence electrons. The van der Waals surface area contributed by atoms with Gasteiger partial charge in [0, 0.05) is 16.8 Å². The third-order valence-corrected chi connectivity index (χ3v) is 6.17. The van der Waals surface area contributed by atoms with Crippen molar-refractivity contribution in [2.45, 2.75) is 63.4 Å². The van der Waals surface area contributed by atoms with Gasteiger partial charge in [-0.1, -0.05) is 12.1 Å². The van der Waals surface area contributed by atoms with E-state index in [4.69, 9.17) is 0 Å². The van der Waals surface area contributed by atoms with Crippen molar-refractivity contribution < 1.29 is 13.2 Å². The minimum Gasteiger partial charge on any atom is -0.295 e. The lowest BCUT2D eigenvalue weighted by molar-refractivity contribution is 0.101. The molecule has 26 heavy (non-hydrogen) atoms. The van der Waals surface area contributed by atoms with Crippen LogP contribution in [0.3, 0.4) is 0 Å². The standard InChI is InChI=1S/C19H25N3O3S/c1-13(23)14-8-10-15(11-9-14)26(24,25)21-17-6-5-7-18-16(17)12-20-22(18)19(2,3)4/h8-12,17,21H,5-7H2,1-4H3/t17-/m0/s1. The maximum absolute atomic E-state index is 12.8. The molecule has 1 aliphatic carbocycles. The summed E-state index contributed by atoms with van der Waals surface area (Å²) in [5.74, 6) is -0.0894. The van der Waals surface area contributed by atoms with Crippen LogP contribution in [-0.4, -0.2) is 24.0 Å². The van der Waals surface area contributed by atoms with Crippen molar-refractivity contribution in [2.75, 3.05) is 0 Å². The summed E-state index contributed by atoms with van der Waals surface area (Å²) in [4.78, 5) is 11.5. The first-order valence-electron chi connectivity index (χ1n) is 8.80. The number of fused-ring (bicyclic) bond motifs is 1. The van der Waals surface area contributed by atoms with Gasteiger partial charge in [0.05, 0.1) is 22.7 Å². The molecule has 1 atom stereocenters. The summed E-state index contributed by atoms with van der Waals surface area (Å²) in [5, 5.41) is 4.50. The van der Waals surface area contributed by atoms with E-state index in [1.54, 1.807) is 18.3 Å². The molecule has 1 aromatic heterocycles. The fourth-order valence-electron chi connectivity index (χ4n) is 3.38. The van der Waals surface area contributed by atoms with Crippen molar-refractivity contribution in [1.82, 2.24) is 14.5 Å². The van der Waals surface area contributed by atoms with Gasteiger partial charge < -0.3 is 0 Å². The van der Waals surface area contributed by atoms with Gasteiger partial charge in [0.2, 0.25) is 10.0 Å². The number of nitrogens with one attached hydrogen (secondary N) is 1. The van der Waals surface area contributed by atoms with Crippen LogP contribution in [0.25, 0.3) is 0 Å². The van der Waals surface area contributed by atoms with E-state index in [1.807, 2.05) is 4.68 Å². The molecule has 1 heterocycles. The van der Waals surface area contributed by atoms with Crippen LogP contribution in [0.5, 0.6) is 0 Å². The summed E-state index contributed by atoms with van der Waals surface area (Å²) in [7, 11) is -3.67. The fraction of sp³-hybridized carbons (Fsp3) is 0.474. The van der Waals surface area contributed by atoms with Crippen molar-refractivity contribution in [3.63, 3.8) is 0 Å². The zero-order valence-electron chi connectivity index (χ0n) is 15.6. The number of benzene rings is 1. The van der Waals surface area contributed by atoms with Crippen molar-refractivity contribution in [2.24, 2.45) is 0 Å². The van der Waals surface area contributed by atoms with E-state index in [2.05, 4.69) is 30.6 Å². The molecule has 0 amide bonds. The Morgan fingerprint density at radius 1 is 1.23 bits per heavy atom. The number of rotatable bonds is 4. The van der Waals surface area contributed by atoms with Gasteiger partial charge >= 0.3 is 0 Å². The van der Waals surface area contributed by atoms with Crippen LogP contribution in [-0.2, 0) is 22.0 Å². The van der Waals surface area contributed by atoms with Crippen molar-refractivity contribution in [3.05, 3.63) is 47.3 Å². The van der Waals surface area contributed by atoms with Crippen LogP contribution in [0.1, 0.15) is 68.2 Å². The maximum Gasteiger partial charge on any atom is 0.241 e. The number of sulfonamides is 1. The average Bonchev–Trinajstić information content (AvgIpc) is 3.00. The highest BCUT2D eigenvalue weighted by Gasteiger charge is 2.30. The van der Waals surface area contributed by atoms with Gasteiger partial charge in [-0.25, -0.2) is 13.1 Å². The van der Waals surface area contributed by atoms with E-state index >= 15 is 0 Å². The SMILES string of the molecule is CC(=O)c1ccc(S(=O)(=O)N[C@H]2CCCc3c2cnn3C(C)(C)C)cc1. The highest BCUT2D eigenvalue weighted by molar-refractivity contribution is 7.89. The minimum atomic E-state index is -3.67. The molecular weight excluding hydrogens is 350 g/mol. The second-order valence-electron chi connectivity index (χ2n) is 7.78. The molecule has 6 nitrogen and oxygen atoms in total. The first-order chi connectivity index (χ1) is 12.1. The van der Waals surface area contributed by atoms with Crippen LogP contribution in [0.4, 0.5) is 0 Å². The minimum absolute atomic E-state index is 0.0894. The summed E-state index contributed by atoms with van der Waals surface area (Å²) in [6.45, 7) is 7.72. The Balaban J connectivity index is 1.88. The highest BCUT2D eigenvalue weighted by Crippen LogP contribution is 2.33. The molecule has 0 saturated carbocycles. The molecule has 0 fully saturated rings. The van der Waals surface area contributed by atoms with Crippen molar-refractivity contribution in [3.8, 4) is 0 Å². The third kappa shape index (κ3) is 3.59. The Kier molecular flexibility index (Phi) is 4.79. The number of carbonyl (C=O) groups excluding carboxylic acids is 1. The number of carbonyl (C=O) groups is 1. The molecule has 7 heteroatoms. The maximum atomic E-state index is 12.8. The lowest BCUT2D eigenvalue weighted by Gasteiger charge is -2.28. The van der Waals surface area contributed by atoms with Crippen LogP contribution < -0.4 is 4.72 Å². The van der Waals surface area contributed by atoms with Gasteiger partial charge in [-0.3, -0.25) is 9.48 Å². The molecule has 0 aliphatic heterocycles. The summed E-state index contributed by atoms with van der Waals surface area (Å²) < 4.78 is 30.3. The first-order valence-corrected chi connectivity index (χ1v) is 10.3. The van der Waals surface area contributed by atoms with Crippen LogP contribution >= 0.6 is 0 Å². The average molecular weight is 375 g/mol. The molecule has 0 bridgehead atoms. The van der Waals surface area contributed by atoms with Gasteiger partial charge in [0.25, 0.3) is 0 Å². The molecule has 0 radical (unpaired) electrons. The Morgan fingerprint density at radius 3 is 2.46 bits per heavy atom. The highest BCUT2D eigenvalue weighted by atomic mass is 32.2. The van der Waals surface area contributed by atoms with Crippen LogP contribution in [0, 0.1) is 0 Å². The van der Waals surface area contributed by atoms with Gasteiger partial charge in [-0.2, -0.15) is 5.10 Å². The van der Waals surface area contributed by atoms with Crippen LogP contribution in [0.2, 0.25) is 0 Å². The van der Waals surface area contributed by atoms with E-state index < -0.39 is 10.0 Å². The number of aromatic nitrogens is 2. The molecule has 1 aliphatic rings. The molecule has 2 aromatic rings. The van der Waals surface area contributed by atoms with Crippen molar-refractivity contribution in [1.29, 1.82) is 0 Å². The molecule has 1 aromatic carbocycles. The second kappa shape index (κ2) is 6.63. The lowest BCUT2D eigenvalue weighted by atomic mass is 9.93. The van der Waals surface area contributed by atoms with E-state index in [0.717, 1.165) is 30.5 Å². The van der Waals surface area contributed by atoms with E-state index in [0.29, 0.717) is 5.56 Å². The molecule has 3 rings (SSSR count). The molecule has 0 spiro atoms. The van der Waals surface area contributed by atoms with Crippen molar-refractivity contribution >= 4 is 15.8 Å². The summed E-state index contributed by atoms with van der Waals surface area (Å²) >= 11 is 0. The zero-order chi connectivity index (χ0) is 19.1. The topological polar surface area (TPSA) is 81.1 Å². The predicted molar refractivity (Wildman–Crippen MR) is 99.7 cm³/mol. The molecular formula is C19H25N3O3S. The fourth-order valence-corrected chi connectivity index (χ4v) is 4.63. The number of nitrogens with zero attached hydrogens (tertiary/aromatic N) is 2. The number of hydrogen-bond donors (Lipinski definition) is 1. The Labute approximate surface area is 154 Å². The molecule has 0 unspecified atom stereocenters. The summed E-state index contributed by atoms with van der Waals surface area (Å²) in [6.07, 6.45) is 4.34.